The fraction of sp³-hybridized carbons (Fsp3) is 0.591. The van der Waals surface area contributed by atoms with Crippen LogP contribution in [0.3, 0.4) is 0 Å². The van der Waals surface area contributed by atoms with E-state index in [1.807, 2.05) is 35.2 Å². The van der Waals surface area contributed by atoms with Crippen LogP contribution in [0.25, 0.3) is 11.4 Å². The van der Waals surface area contributed by atoms with Gasteiger partial charge in [-0.25, -0.2) is 0 Å². The van der Waals surface area contributed by atoms with Gasteiger partial charge in [-0.3, -0.25) is 4.79 Å². The Morgan fingerprint density at radius 3 is 2.59 bits per heavy atom. The molecule has 27 heavy (non-hydrogen) atoms. The van der Waals surface area contributed by atoms with E-state index in [4.69, 9.17) is 4.52 Å². The number of aromatic nitrogens is 2. The average Bonchev–Trinajstić information content (AvgIpc) is 3.16. The summed E-state index contributed by atoms with van der Waals surface area (Å²) in [7, 11) is 0. The minimum Gasteiger partial charge on any atom is -0.341 e. The third-order valence-corrected chi connectivity index (χ3v) is 6.18. The minimum atomic E-state index is 0.180. The van der Waals surface area contributed by atoms with Crippen LogP contribution < -0.4 is 0 Å². The third-order valence-electron chi connectivity index (χ3n) is 6.18. The summed E-state index contributed by atoms with van der Waals surface area (Å²) in [4.78, 5) is 19.3. The summed E-state index contributed by atoms with van der Waals surface area (Å²) in [5.74, 6) is 2.86. The predicted octanol–water partition coefficient (Wildman–Crippen LogP) is 4.66. The van der Waals surface area contributed by atoms with Gasteiger partial charge in [0.05, 0.1) is 5.92 Å². The molecule has 5 heteroatoms. The SMILES string of the molecule is CCCCC1CCC(C(=O)N2CC(c3nc(-c4ccccc4)no3)C2)CC1. The number of carbonyl (C=O) groups excluding carboxylic acids is 1. The number of amides is 1. The van der Waals surface area contributed by atoms with Crippen molar-refractivity contribution in [2.75, 3.05) is 13.1 Å². The van der Waals surface area contributed by atoms with Crippen molar-refractivity contribution in [3.05, 3.63) is 36.2 Å². The highest BCUT2D eigenvalue weighted by Crippen LogP contribution is 2.35. The largest absolute Gasteiger partial charge is 0.341 e. The molecule has 1 amide bonds. The molecule has 0 atom stereocenters. The highest BCUT2D eigenvalue weighted by atomic mass is 16.5. The molecule has 1 aliphatic heterocycles. The molecule has 0 bridgehead atoms. The monoisotopic (exact) mass is 367 g/mol. The fourth-order valence-corrected chi connectivity index (χ4v) is 4.37. The first kappa shape index (κ1) is 18.2. The number of rotatable bonds is 6. The van der Waals surface area contributed by atoms with Crippen molar-refractivity contribution in [1.82, 2.24) is 15.0 Å². The zero-order valence-corrected chi connectivity index (χ0v) is 16.1. The van der Waals surface area contributed by atoms with Crippen molar-refractivity contribution in [3.8, 4) is 11.4 Å². The van der Waals surface area contributed by atoms with Gasteiger partial charge in [-0.05, 0) is 31.6 Å². The maximum Gasteiger partial charge on any atom is 0.233 e. The maximum absolute atomic E-state index is 12.8. The van der Waals surface area contributed by atoms with E-state index in [9.17, 15) is 4.79 Å². The van der Waals surface area contributed by atoms with E-state index >= 15 is 0 Å². The number of likely N-dealkylation sites (tertiary alicyclic amines) is 1. The molecule has 2 fully saturated rings. The van der Waals surface area contributed by atoms with Crippen LogP contribution in [0.5, 0.6) is 0 Å². The molecule has 0 radical (unpaired) electrons. The van der Waals surface area contributed by atoms with Crippen LogP contribution in [0.4, 0.5) is 0 Å². The molecule has 1 saturated carbocycles. The molecule has 0 spiro atoms. The molecule has 2 aliphatic rings. The van der Waals surface area contributed by atoms with Crippen molar-refractivity contribution in [3.63, 3.8) is 0 Å². The van der Waals surface area contributed by atoms with Gasteiger partial charge in [0, 0.05) is 24.6 Å². The van der Waals surface area contributed by atoms with Crippen LogP contribution in [0, 0.1) is 11.8 Å². The van der Waals surface area contributed by atoms with E-state index in [0.717, 1.165) is 24.3 Å². The summed E-state index contributed by atoms with van der Waals surface area (Å²) in [6, 6.07) is 9.85. The average molecular weight is 367 g/mol. The highest BCUT2D eigenvalue weighted by molar-refractivity contribution is 5.80. The molecule has 144 valence electrons. The Morgan fingerprint density at radius 1 is 1.15 bits per heavy atom. The van der Waals surface area contributed by atoms with Crippen molar-refractivity contribution < 1.29 is 9.32 Å². The van der Waals surface area contributed by atoms with Gasteiger partial charge >= 0.3 is 0 Å². The normalized spacial score (nSPS) is 23.2. The Bertz CT molecular complexity index is 744. The summed E-state index contributed by atoms with van der Waals surface area (Å²) < 4.78 is 5.45. The van der Waals surface area contributed by atoms with Crippen LogP contribution in [-0.4, -0.2) is 34.0 Å². The molecule has 0 unspecified atom stereocenters. The summed E-state index contributed by atoms with van der Waals surface area (Å²) in [5.41, 5.74) is 0.958. The number of unbranched alkanes of at least 4 members (excludes halogenated alkanes) is 1. The molecule has 1 aliphatic carbocycles. The van der Waals surface area contributed by atoms with E-state index in [0.29, 0.717) is 30.7 Å². The Morgan fingerprint density at radius 2 is 1.89 bits per heavy atom. The summed E-state index contributed by atoms with van der Waals surface area (Å²) in [6.45, 7) is 3.68. The van der Waals surface area contributed by atoms with Gasteiger partial charge in [-0.15, -0.1) is 0 Å². The lowest BCUT2D eigenvalue weighted by atomic mass is 9.78. The predicted molar refractivity (Wildman–Crippen MR) is 104 cm³/mol. The molecular weight excluding hydrogens is 338 g/mol. The Hall–Kier alpha value is -2.17. The number of hydrogen-bond donors (Lipinski definition) is 0. The molecule has 2 aromatic rings. The first-order valence-corrected chi connectivity index (χ1v) is 10.4. The lowest BCUT2D eigenvalue weighted by Gasteiger charge is -2.40. The van der Waals surface area contributed by atoms with Gasteiger partial charge in [-0.2, -0.15) is 4.98 Å². The Kier molecular flexibility index (Phi) is 5.55. The van der Waals surface area contributed by atoms with E-state index < -0.39 is 0 Å². The second-order valence-corrected chi connectivity index (χ2v) is 8.12. The minimum absolute atomic E-state index is 0.180. The smallest absolute Gasteiger partial charge is 0.233 e. The van der Waals surface area contributed by atoms with Gasteiger partial charge in [0.2, 0.25) is 17.6 Å². The van der Waals surface area contributed by atoms with Crippen LogP contribution in [-0.2, 0) is 4.79 Å². The quantitative estimate of drug-likeness (QED) is 0.745. The highest BCUT2D eigenvalue weighted by Gasteiger charge is 2.39. The van der Waals surface area contributed by atoms with Gasteiger partial charge in [0.15, 0.2) is 0 Å². The third kappa shape index (κ3) is 4.07. The number of hydrogen-bond acceptors (Lipinski definition) is 4. The molecule has 5 nitrogen and oxygen atoms in total. The van der Waals surface area contributed by atoms with Crippen LogP contribution in [0.1, 0.15) is 63.7 Å². The topological polar surface area (TPSA) is 59.2 Å². The summed E-state index contributed by atoms with van der Waals surface area (Å²) >= 11 is 0. The molecular formula is C22H29N3O2. The van der Waals surface area contributed by atoms with Gasteiger partial charge in [0.25, 0.3) is 0 Å². The Labute approximate surface area is 161 Å². The lowest BCUT2D eigenvalue weighted by molar-refractivity contribution is -0.141. The zero-order valence-electron chi connectivity index (χ0n) is 16.1. The van der Waals surface area contributed by atoms with Crippen molar-refractivity contribution >= 4 is 5.91 Å². The van der Waals surface area contributed by atoms with Crippen molar-refractivity contribution in [2.24, 2.45) is 11.8 Å². The van der Waals surface area contributed by atoms with E-state index in [1.165, 1.54) is 32.1 Å². The second kappa shape index (κ2) is 8.24. The standard InChI is InChI=1S/C22H29N3O2/c1-2-3-7-16-10-12-18(13-11-16)22(26)25-14-19(15-25)21-23-20(24-27-21)17-8-5-4-6-9-17/h4-6,8-9,16,18-19H,2-3,7,10-15H2,1H3. The van der Waals surface area contributed by atoms with Crippen LogP contribution in [0.15, 0.2) is 34.9 Å². The second-order valence-electron chi connectivity index (χ2n) is 8.12. The zero-order chi connectivity index (χ0) is 18.6. The lowest BCUT2D eigenvalue weighted by Crippen LogP contribution is -2.51. The number of nitrogens with zero attached hydrogens (tertiary/aromatic N) is 3. The first-order chi connectivity index (χ1) is 13.2. The first-order valence-electron chi connectivity index (χ1n) is 10.4. The molecule has 4 rings (SSSR count). The van der Waals surface area contributed by atoms with Crippen molar-refractivity contribution in [2.45, 2.75) is 57.8 Å². The summed E-state index contributed by atoms with van der Waals surface area (Å²) in [6.07, 6.45) is 8.50. The maximum atomic E-state index is 12.8. The molecule has 1 saturated heterocycles. The fourth-order valence-electron chi connectivity index (χ4n) is 4.37. The van der Waals surface area contributed by atoms with Gasteiger partial charge < -0.3 is 9.42 Å². The van der Waals surface area contributed by atoms with Gasteiger partial charge in [0.1, 0.15) is 0 Å². The van der Waals surface area contributed by atoms with E-state index in [-0.39, 0.29) is 11.8 Å². The number of benzene rings is 1. The molecule has 1 aromatic carbocycles. The van der Waals surface area contributed by atoms with Gasteiger partial charge in [-0.1, -0.05) is 61.7 Å². The van der Waals surface area contributed by atoms with Crippen LogP contribution >= 0.6 is 0 Å². The molecule has 2 heterocycles. The molecule has 1 aromatic heterocycles. The number of carbonyl (C=O) groups is 1. The summed E-state index contributed by atoms with van der Waals surface area (Å²) in [5, 5.41) is 4.09. The molecule has 0 N–H and O–H groups in total. The van der Waals surface area contributed by atoms with E-state index in [2.05, 4.69) is 17.1 Å². The van der Waals surface area contributed by atoms with Crippen molar-refractivity contribution in [1.29, 1.82) is 0 Å². The van der Waals surface area contributed by atoms with Crippen LogP contribution in [0.2, 0.25) is 0 Å². The van der Waals surface area contributed by atoms with E-state index in [1.54, 1.807) is 0 Å². The Balaban J connectivity index is 1.26.